The summed E-state index contributed by atoms with van der Waals surface area (Å²) < 4.78 is 5.17. The lowest BCUT2D eigenvalue weighted by Crippen LogP contribution is -2.35. The molecule has 24 heavy (non-hydrogen) atoms. The normalized spacial score (nSPS) is 16.4. The van der Waals surface area contributed by atoms with E-state index in [0.717, 1.165) is 17.3 Å². The number of carbonyl (C=O) groups is 3. The number of thioether (sulfide) groups is 1. The number of carbonyl (C=O) groups excluding carboxylic acids is 3. The van der Waals surface area contributed by atoms with Crippen molar-refractivity contribution in [3.63, 3.8) is 0 Å². The van der Waals surface area contributed by atoms with Crippen molar-refractivity contribution in [2.45, 2.75) is 25.8 Å². The van der Waals surface area contributed by atoms with E-state index in [9.17, 15) is 14.4 Å². The lowest BCUT2D eigenvalue weighted by atomic mass is 10.2. The Bertz CT molecular complexity index is 663. The third-order valence-electron chi connectivity index (χ3n) is 3.25. The Kier molecular flexibility index (Phi) is 6.74. The molecule has 6 nitrogen and oxygen atoms in total. The number of esters is 1. The Labute approximate surface area is 149 Å². The summed E-state index contributed by atoms with van der Waals surface area (Å²) in [6.07, 6.45) is 0.349. The Balaban J connectivity index is 1.69. The zero-order valence-corrected chi connectivity index (χ0v) is 14.8. The predicted molar refractivity (Wildman–Crippen MR) is 97.0 cm³/mol. The van der Waals surface area contributed by atoms with E-state index in [-0.39, 0.29) is 29.8 Å². The van der Waals surface area contributed by atoms with Crippen molar-refractivity contribution in [2.75, 3.05) is 17.7 Å². The van der Waals surface area contributed by atoms with Crippen LogP contribution in [0.2, 0.25) is 0 Å². The third-order valence-corrected chi connectivity index (χ3v) is 4.57. The molecular formula is C16H18N2O4S2. The van der Waals surface area contributed by atoms with Crippen LogP contribution in [0.25, 0.3) is 0 Å². The summed E-state index contributed by atoms with van der Waals surface area (Å²) in [5.74, 6) is -0.843. The molecule has 0 aliphatic carbocycles. The first-order valence-electron chi connectivity index (χ1n) is 7.42. The van der Waals surface area contributed by atoms with E-state index in [1.807, 2.05) is 25.1 Å². The monoisotopic (exact) mass is 366 g/mol. The summed E-state index contributed by atoms with van der Waals surface area (Å²) in [6.45, 7) is 2.30. The van der Waals surface area contributed by atoms with Crippen molar-refractivity contribution in [3.8, 4) is 0 Å². The van der Waals surface area contributed by atoms with Gasteiger partial charge >= 0.3 is 5.97 Å². The second-order valence-electron chi connectivity index (χ2n) is 5.36. The van der Waals surface area contributed by atoms with Crippen molar-refractivity contribution in [1.82, 2.24) is 5.32 Å². The number of amides is 1. The molecule has 1 amide bonds. The predicted octanol–water partition coefficient (Wildman–Crippen LogP) is 1.82. The van der Waals surface area contributed by atoms with Crippen LogP contribution >= 0.6 is 24.0 Å². The number of ether oxygens (including phenoxy) is 1. The zero-order chi connectivity index (χ0) is 17.5. The molecule has 2 rings (SSSR count). The first-order valence-corrected chi connectivity index (χ1v) is 8.81. The minimum atomic E-state index is -0.440. The van der Waals surface area contributed by atoms with E-state index < -0.39 is 6.04 Å². The minimum absolute atomic E-state index is 0.0782. The minimum Gasteiger partial charge on any atom is -0.464 e. The lowest BCUT2D eigenvalue weighted by molar-refractivity contribution is -0.139. The van der Waals surface area contributed by atoms with Gasteiger partial charge in [-0.05, 0) is 24.6 Å². The quantitative estimate of drug-likeness (QED) is 0.451. The van der Waals surface area contributed by atoms with E-state index in [1.165, 1.54) is 0 Å². The van der Waals surface area contributed by atoms with Crippen molar-refractivity contribution in [2.24, 2.45) is 0 Å². The van der Waals surface area contributed by atoms with Crippen molar-refractivity contribution in [3.05, 3.63) is 29.8 Å². The molecule has 1 saturated heterocycles. The highest BCUT2D eigenvalue weighted by Gasteiger charge is 2.27. The molecule has 1 aromatic rings. The van der Waals surface area contributed by atoms with Gasteiger partial charge in [0, 0.05) is 12.1 Å². The van der Waals surface area contributed by atoms with Crippen LogP contribution in [-0.2, 0) is 19.1 Å². The summed E-state index contributed by atoms with van der Waals surface area (Å²) in [6, 6.07) is 6.91. The SMILES string of the molecule is Cc1cccc(NC(=O)CC(=O)CSC(=S)N[C@@H]2CCOC2=O)c1. The highest BCUT2D eigenvalue weighted by Crippen LogP contribution is 2.12. The molecule has 2 N–H and O–H groups in total. The van der Waals surface area contributed by atoms with Gasteiger partial charge in [-0.15, -0.1) is 0 Å². The molecule has 1 heterocycles. The van der Waals surface area contributed by atoms with E-state index in [1.54, 1.807) is 6.07 Å². The van der Waals surface area contributed by atoms with Gasteiger partial charge < -0.3 is 15.4 Å². The van der Waals surface area contributed by atoms with E-state index in [4.69, 9.17) is 17.0 Å². The van der Waals surface area contributed by atoms with Crippen molar-refractivity contribution in [1.29, 1.82) is 0 Å². The third kappa shape index (κ3) is 5.93. The largest absolute Gasteiger partial charge is 0.464 e. The molecule has 1 atom stereocenters. The molecule has 1 fully saturated rings. The van der Waals surface area contributed by atoms with Crippen LogP contribution < -0.4 is 10.6 Å². The van der Waals surface area contributed by atoms with Crippen LogP contribution in [0.5, 0.6) is 0 Å². The second-order valence-corrected chi connectivity index (χ2v) is 7.01. The maximum absolute atomic E-state index is 11.9. The molecule has 128 valence electrons. The second kappa shape index (κ2) is 8.79. The van der Waals surface area contributed by atoms with Crippen LogP contribution in [0, 0.1) is 6.92 Å². The maximum atomic E-state index is 11.9. The van der Waals surface area contributed by atoms with Gasteiger partial charge in [-0.25, -0.2) is 4.79 Å². The summed E-state index contributed by atoms with van der Waals surface area (Å²) >= 11 is 6.19. The number of rotatable bonds is 6. The van der Waals surface area contributed by atoms with Gasteiger partial charge in [-0.3, -0.25) is 9.59 Å². The molecule has 8 heteroatoms. The average Bonchev–Trinajstić information content (AvgIpc) is 2.90. The van der Waals surface area contributed by atoms with Crippen LogP contribution in [0.4, 0.5) is 5.69 Å². The fraction of sp³-hybridized carbons (Fsp3) is 0.375. The van der Waals surface area contributed by atoms with Crippen LogP contribution in [0.3, 0.4) is 0 Å². The fourth-order valence-electron chi connectivity index (χ4n) is 2.11. The number of hydrogen-bond acceptors (Lipinski definition) is 6. The van der Waals surface area contributed by atoms with Gasteiger partial charge in [0.1, 0.15) is 10.4 Å². The average molecular weight is 366 g/mol. The Morgan fingerprint density at radius 3 is 2.88 bits per heavy atom. The van der Waals surface area contributed by atoms with Crippen LogP contribution in [0.1, 0.15) is 18.4 Å². The smallest absolute Gasteiger partial charge is 0.328 e. The number of benzene rings is 1. The Morgan fingerprint density at radius 2 is 2.21 bits per heavy atom. The summed E-state index contributed by atoms with van der Waals surface area (Å²) in [4.78, 5) is 35.0. The molecule has 0 saturated carbocycles. The van der Waals surface area contributed by atoms with Gasteiger partial charge in [0.2, 0.25) is 5.91 Å². The summed E-state index contributed by atoms with van der Waals surface area (Å²) in [5, 5.41) is 5.54. The van der Waals surface area contributed by atoms with Crippen LogP contribution in [-0.4, -0.2) is 40.4 Å². The van der Waals surface area contributed by atoms with Gasteiger partial charge in [0.25, 0.3) is 0 Å². The Morgan fingerprint density at radius 1 is 1.42 bits per heavy atom. The van der Waals surface area contributed by atoms with Crippen molar-refractivity contribution >= 4 is 51.6 Å². The molecule has 0 spiro atoms. The number of Topliss-reactive ketones (excluding diaryl/α,β-unsaturated/α-hetero) is 1. The number of anilines is 1. The molecule has 0 radical (unpaired) electrons. The molecule has 0 unspecified atom stereocenters. The lowest BCUT2D eigenvalue weighted by Gasteiger charge is -2.10. The molecule has 1 aromatic carbocycles. The molecule has 1 aliphatic rings. The van der Waals surface area contributed by atoms with Crippen LogP contribution in [0.15, 0.2) is 24.3 Å². The molecular weight excluding hydrogens is 348 g/mol. The summed E-state index contributed by atoms with van der Waals surface area (Å²) in [5.41, 5.74) is 1.69. The van der Waals surface area contributed by atoms with E-state index in [2.05, 4.69) is 10.6 Å². The number of cyclic esters (lactones) is 1. The topological polar surface area (TPSA) is 84.5 Å². The number of aryl methyl sites for hydroxylation is 1. The molecule has 0 aromatic heterocycles. The maximum Gasteiger partial charge on any atom is 0.328 e. The highest BCUT2D eigenvalue weighted by molar-refractivity contribution is 8.23. The zero-order valence-electron chi connectivity index (χ0n) is 13.2. The van der Waals surface area contributed by atoms with Gasteiger partial charge in [0.05, 0.1) is 18.8 Å². The van der Waals surface area contributed by atoms with Crippen molar-refractivity contribution < 1.29 is 19.1 Å². The molecule has 1 aliphatic heterocycles. The van der Waals surface area contributed by atoms with Gasteiger partial charge in [-0.1, -0.05) is 36.1 Å². The van der Waals surface area contributed by atoms with Gasteiger partial charge in [0.15, 0.2) is 5.78 Å². The standard InChI is InChI=1S/C16H18N2O4S2/c1-10-3-2-4-11(7-10)17-14(20)8-12(19)9-24-16(23)18-13-5-6-22-15(13)21/h2-4,7,13H,5-6,8-9H2,1H3,(H,17,20)(H,18,23)/t13-/m1/s1. The fourth-order valence-corrected chi connectivity index (χ4v) is 3.05. The first kappa shape index (κ1) is 18.4. The Hall–Kier alpha value is -1.93. The number of hydrogen-bond donors (Lipinski definition) is 2. The summed E-state index contributed by atoms with van der Waals surface area (Å²) in [7, 11) is 0. The number of thiocarbonyl (C=S) groups is 1. The molecule has 0 bridgehead atoms. The van der Waals surface area contributed by atoms with E-state index >= 15 is 0 Å². The number of ketones is 1. The highest BCUT2D eigenvalue weighted by atomic mass is 32.2. The van der Waals surface area contributed by atoms with Gasteiger partial charge in [-0.2, -0.15) is 0 Å². The first-order chi connectivity index (χ1) is 11.4. The number of nitrogens with one attached hydrogen (secondary N) is 2. The van der Waals surface area contributed by atoms with E-state index in [0.29, 0.717) is 23.0 Å².